The smallest absolute Gasteiger partial charge is 0.333 e. The van der Waals surface area contributed by atoms with E-state index in [2.05, 4.69) is 10.3 Å². The summed E-state index contributed by atoms with van der Waals surface area (Å²) >= 11 is 0. The zero-order valence-corrected chi connectivity index (χ0v) is 15.6. The molecule has 3 rings (SSSR count). The molecule has 28 heavy (non-hydrogen) atoms. The average molecular weight is 381 g/mol. The van der Waals surface area contributed by atoms with Crippen LogP contribution in [0, 0.1) is 6.92 Å². The highest BCUT2D eigenvalue weighted by molar-refractivity contribution is 6.04. The second kappa shape index (κ2) is 7.83. The molecule has 1 aromatic heterocycles. The lowest BCUT2D eigenvalue weighted by atomic mass is 10.2. The number of hydrogen-bond acceptors (Lipinski definition) is 5. The van der Waals surface area contributed by atoms with Crippen molar-refractivity contribution >= 4 is 11.6 Å². The van der Waals surface area contributed by atoms with Crippen molar-refractivity contribution in [3.63, 3.8) is 0 Å². The molecule has 0 unspecified atom stereocenters. The van der Waals surface area contributed by atoms with Crippen molar-refractivity contribution in [2.45, 2.75) is 6.92 Å². The first-order chi connectivity index (χ1) is 13.4. The van der Waals surface area contributed by atoms with E-state index in [1.165, 1.54) is 14.2 Å². The van der Waals surface area contributed by atoms with E-state index >= 15 is 0 Å². The molecular weight excluding hydrogens is 362 g/mol. The number of ether oxygens (including phenoxy) is 2. The number of amides is 1. The van der Waals surface area contributed by atoms with Crippen LogP contribution < -0.4 is 26.0 Å². The Kier molecular flexibility index (Phi) is 5.30. The number of aromatic nitrogens is 2. The number of nitrogens with zero attached hydrogens (tertiary/aromatic N) is 1. The Labute approximate surface area is 160 Å². The van der Waals surface area contributed by atoms with Crippen LogP contribution in [0.4, 0.5) is 5.69 Å². The van der Waals surface area contributed by atoms with Crippen molar-refractivity contribution in [3.8, 4) is 17.2 Å². The zero-order valence-electron chi connectivity index (χ0n) is 15.6. The minimum Gasteiger partial charge on any atom is -0.497 e. The van der Waals surface area contributed by atoms with E-state index in [1.54, 1.807) is 42.5 Å². The second-order valence-electron chi connectivity index (χ2n) is 6.00. The first-order valence-corrected chi connectivity index (χ1v) is 8.39. The lowest BCUT2D eigenvalue weighted by Crippen LogP contribution is -2.38. The maximum Gasteiger partial charge on any atom is 0.333 e. The number of rotatable bonds is 5. The van der Waals surface area contributed by atoms with Gasteiger partial charge in [-0.05, 0) is 31.2 Å². The van der Waals surface area contributed by atoms with E-state index in [4.69, 9.17) is 9.47 Å². The zero-order chi connectivity index (χ0) is 20.3. The summed E-state index contributed by atoms with van der Waals surface area (Å²) in [4.78, 5) is 40.1. The number of aromatic amines is 1. The van der Waals surface area contributed by atoms with Gasteiger partial charge >= 0.3 is 5.69 Å². The van der Waals surface area contributed by atoms with Gasteiger partial charge in [0.2, 0.25) is 0 Å². The van der Waals surface area contributed by atoms with Crippen molar-refractivity contribution in [1.29, 1.82) is 0 Å². The summed E-state index contributed by atoms with van der Waals surface area (Å²) in [7, 11) is 2.97. The van der Waals surface area contributed by atoms with Crippen LogP contribution in [0.3, 0.4) is 0 Å². The molecule has 0 bridgehead atoms. The van der Waals surface area contributed by atoms with Crippen LogP contribution in [0.2, 0.25) is 0 Å². The van der Waals surface area contributed by atoms with E-state index < -0.39 is 17.2 Å². The Morgan fingerprint density at radius 3 is 2.39 bits per heavy atom. The van der Waals surface area contributed by atoms with Gasteiger partial charge in [-0.1, -0.05) is 17.7 Å². The molecule has 8 nitrogen and oxygen atoms in total. The van der Waals surface area contributed by atoms with Gasteiger partial charge in [-0.2, -0.15) is 0 Å². The molecule has 0 aliphatic carbocycles. The molecule has 2 N–H and O–H groups in total. The van der Waals surface area contributed by atoms with Crippen molar-refractivity contribution in [2.24, 2.45) is 0 Å². The quantitative estimate of drug-likeness (QED) is 0.705. The minimum absolute atomic E-state index is 0.210. The van der Waals surface area contributed by atoms with Crippen LogP contribution >= 0.6 is 0 Å². The number of hydrogen-bond donors (Lipinski definition) is 2. The number of carbonyl (C=O) groups excluding carboxylic acids is 1. The van der Waals surface area contributed by atoms with Crippen molar-refractivity contribution in [3.05, 3.63) is 80.6 Å². The molecule has 1 amide bonds. The van der Waals surface area contributed by atoms with Crippen LogP contribution in [0.5, 0.6) is 11.5 Å². The molecule has 0 fully saturated rings. The standard InChI is InChI=1S/C20H19N3O5/c1-12-4-6-13(7-5-12)23-19(25)15(11-21-20(23)26)18(24)22-16-9-8-14(27-2)10-17(16)28-3/h4-11H,1-3H3,(H,21,26)(H,22,24). The Hall–Kier alpha value is -3.81. The molecule has 0 aliphatic heterocycles. The summed E-state index contributed by atoms with van der Waals surface area (Å²) in [6, 6.07) is 11.7. The minimum atomic E-state index is -0.724. The van der Waals surface area contributed by atoms with Crippen LogP contribution in [-0.2, 0) is 0 Å². The topological polar surface area (TPSA) is 102 Å². The highest BCUT2D eigenvalue weighted by atomic mass is 16.5. The van der Waals surface area contributed by atoms with E-state index in [0.29, 0.717) is 22.9 Å². The molecule has 144 valence electrons. The third-order valence-electron chi connectivity index (χ3n) is 4.17. The van der Waals surface area contributed by atoms with Gasteiger partial charge in [-0.15, -0.1) is 0 Å². The van der Waals surface area contributed by atoms with E-state index in [0.717, 1.165) is 16.3 Å². The fourth-order valence-corrected chi connectivity index (χ4v) is 2.66. The number of anilines is 1. The molecule has 0 atom stereocenters. The fourth-order valence-electron chi connectivity index (χ4n) is 2.66. The number of benzene rings is 2. The number of methoxy groups -OCH3 is 2. The van der Waals surface area contributed by atoms with Crippen molar-refractivity contribution in [1.82, 2.24) is 9.55 Å². The normalized spacial score (nSPS) is 10.4. The fraction of sp³-hybridized carbons (Fsp3) is 0.150. The molecule has 1 heterocycles. The second-order valence-corrected chi connectivity index (χ2v) is 6.00. The third-order valence-corrected chi connectivity index (χ3v) is 4.17. The predicted molar refractivity (Wildman–Crippen MR) is 105 cm³/mol. The van der Waals surface area contributed by atoms with Crippen molar-refractivity contribution < 1.29 is 14.3 Å². The summed E-state index contributed by atoms with van der Waals surface area (Å²) in [5.74, 6) is 0.252. The third kappa shape index (κ3) is 3.66. The molecule has 0 radical (unpaired) electrons. The Morgan fingerprint density at radius 1 is 1.04 bits per heavy atom. The summed E-state index contributed by atoms with van der Waals surface area (Å²) in [6.07, 6.45) is 1.10. The summed E-state index contributed by atoms with van der Waals surface area (Å²) in [6.45, 7) is 1.89. The maximum absolute atomic E-state index is 12.8. The Bertz CT molecular complexity index is 1130. The van der Waals surface area contributed by atoms with Gasteiger partial charge in [0.05, 0.1) is 25.6 Å². The molecule has 8 heteroatoms. The SMILES string of the molecule is COc1ccc(NC(=O)c2c[nH]c(=O)n(-c3ccc(C)cc3)c2=O)c(OC)c1. The van der Waals surface area contributed by atoms with Gasteiger partial charge in [-0.25, -0.2) is 9.36 Å². The lowest BCUT2D eigenvalue weighted by molar-refractivity contribution is 0.102. The van der Waals surface area contributed by atoms with Crippen LogP contribution in [0.1, 0.15) is 15.9 Å². The Balaban J connectivity index is 2.00. The molecule has 0 aliphatic rings. The summed E-state index contributed by atoms with van der Waals surface area (Å²) in [5, 5.41) is 2.62. The van der Waals surface area contributed by atoms with Crippen LogP contribution in [0.25, 0.3) is 5.69 Å². The molecule has 0 saturated heterocycles. The number of aryl methyl sites for hydroxylation is 1. The summed E-state index contributed by atoms with van der Waals surface area (Å²) in [5.41, 5.74) is 0.145. The van der Waals surface area contributed by atoms with Gasteiger partial charge in [0.15, 0.2) is 0 Å². The lowest BCUT2D eigenvalue weighted by Gasteiger charge is -2.12. The largest absolute Gasteiger partial charge is 0.497 e. The number of carbonyl (C=O) groups is 1. The van der Waals surface area contributed by atoms with Crippen LogP contribution in [0.15, 0.2) is 58.3 Å². The molecule has 0 saturated carbocycles. The Morgan fingerprint density at radius 2 is 1.75 bits per heavy atom. The molecule has 2 aromatic carbocycles. The first-order valence-electron chi connectivity index (χ1n) is 8.39. The summed E-state index contributed by atoms with van der Waals surface area (Å²) < 4.78 is 11.3. The highest BCUT2D eigenvalue weighted by Gasteiger charge is 2.17. The van der Waals surface area contributed by atoms with Gasteiger partial charge < -0.3 is 19.8 Å². The molecule has 3 aromatic rings. The van der Waals surface area contributed by atoms with Gasteiger partial charge in [0.1, 0.15) is 17.1 Å². The van der Waals surface area contributed by atoms with E-state index in [-0.39, 0.29) is 5.56 Å². The molecule has 0 spiro atoms. The predicted octanol–water partition coefficient (Wildman–Crippen LogP) is 2.10. The van der Waals surface area contributed by atoms with Crippen LogP contribution in [-0.4, -0.2) is 29.7 Å². The first kappa shape index (κ1) is 19.0. The maximum atomic E-state index is 12.8. The van der Waals surface area contributed by atoms with Gasteiger partial charge in [0, 0.05) is 12.3 Å². The number of nitrogens with one attached hydrogen (secondary N) is 2. The van der Waals surface area contributed by atoms with Crippen molar-refractivity contribution in [2.75, 3.05) is 19.5 Å². The number of H-pyrrole nitrogens is 1. The van der Waals surface area contributed by atoms with Gasteiger partial charge in [0.25, 0.3) is 11.5 Å². The highest BCUT2D eigenvalue weighted by Crippen LogP contribution is 2.29. The van der Waals surface area contributed by atoms with Gasteiger partial charge in [-0.3, -0.25) is 9.59 Å². The molecular formula is C20H19N3O5. The van der Waals surface area contributed by atoms with E-state index in [9.17, 15) is 14.4 Å². The van der Waals surface area contributed by atoms with E-state index in [1.807, 2.05) is 6.92 Å². The average Bonchev–Trinajstić information content (AvgIpc) is 2.69. The monoisotopic (exact) mass is 381 g/mol.